The molecule has 0 aromatic heterocycles. The first kappa shape index (κ1) is 20.8. The zero-order chi connectivity index (χ0) is 18.3. The summed E-state index contributed by atoms with van der Waals surface area (Å²) >= 11 is 0. The standard InChI is InChI=1S/C26H29N.BrH/c1-3-9-22(10-4-1)15-18-27-19-16-24(17-20-27)26-14-8-7-13-25(26)21-23-11-5-2-6-12-23;/h1-14,24H,15-21H2;1H. The van der Waals surface area contributed by atoms with Crippen LogP contribution in [0.5, 0.6) is 0 Å². The van der Waals surface area contributed by atoms with Crippen molar-refractivity contribution in [2.24, 2.45) is 0 Å². The number of hydrogen-bond acceptors (Lipinski definition) is 1. The van der Waals surface area contributed by atoms with E-state index in [1.165, 1.54) is 49.2 Å². The highest BCUT2D eigenvalue weighted by Crippen LogP contribution is 2.31. The Labute approximate surface area is 180 Å². The third-order valence-corrected chi connectivity index (χ3v) is 5.88. The second kappa shape index (κ2) is 10.6. The highest BCUT2D eigenvalue weighted by molar-refractivity contribution is 8.93. The molecular formula is C26H30BrN. The quantitative estimate of drug-likeness (QED) is 0.440. The number of likely N-dealkylation sites (tertiary alicyclic amines) is 1. The lowest BCUT2D eigenvalue weighted by Crippen LogP contribution is -2.34. The van der Waals surface area contributed by atoms with Crippen LogP contribution in [-0.2, 0) is 12.8 Å². The SMILES string of the molecule is Br.c1ccc(CCN2CCC(c3ccccc3Cc3ccccc3)CC2)cc1. The normalized spacial score (nSPS) is 15.1. The number of rotatable bonds is 6. The monoisotopic (exact) mass is 435 g/mol. The van der Waals surface area contributed by atoms with Crippen LogP contribution in [-0.4, -0.2) is 24.5 Å². The lowest BCUT2D eigenvalue weighted by Gasteiger charge is -2.33. The molecule has 0 aliphatic carbocycles. The van der Waals surface area contributed by atoms with Gasteiger partial charge in [0.1, 0.15) is 0 Å². The summed E-state index contributed by atoms with van der Waals surface area (Å²) in [6.07, 6.45) is 4.77. The molecule has 1 heterocycles. The van der Waals surface area contributed by atoms with Gasteiger partial charge in [-0.05, 0) is 66.9 Å². The summed E-state index contributed by atoms with van der Waals surface area (Å²) in [7, 11) is 0. The molecule has 0 bridgehead atoms. The predicted octanol–water partition coefficient (Wildman–Crippen LogP) is 6.28. The van der Waals surface area contributed by atoms with Crippen LogP contribution in [0.25, 0.3) is 0 Å². The molecule has 3 aromatic rings. The second-order valence-electron chi connectivity index (χ2n) is 7.71. The summed E-state index contributed by atoms with van der Waals surface area (Å²) in [5.74, 6) is 0.706. The third-order valence-electron chi connectivity index (χ3n) is 5.88. The Kier molecular flexibility index (Phi) is 7.88. The summed E-state index contributed by atoms with van der Waals surface area (Å²) in [6, 6.07) is 30.8. The van der Waals surface area contributed by atoms with Crippen LogP contribution in [0.2, 0.25) is 0 Å². The maximum absolute atomic E-state index is 2.64. The van der Waals surface area contributed by atoms with Crippen LogP contribution >= 0.6 is 17.0 Å². The maximum Gasteiger partial charge on any atom is 0.00218 e. The van der Waals surface area contributed by atoms with Crippen molar-refractivity contribution >= 4 is 17.0 Å². The minimum absolute atomic E-state index is 0. The Hall–Kier alpha value is -1.90. The van der Waals surface area contributed by atoms with Gasteiger partial charge in [-0.1, -0.05) is 84.9 Å². The summed E-state index contributed by atoms with van der Waals surface area (Å²) in [6.45, 7) is 3.62. The van der Waals surface area contributed by atoms with Crippen LogP contribution in [0.3, 0.4) is 0 Å². The van der Waals surface area contributed by atoms with Crippen LogP contribution < -0.4 is 0 Å². The molecule has 0 amide bonds. The van der Waals surface area contributed by atoms with Crippen molar-refractivity contribution in [2.45, 2.75) is 31.6 Å². The fourth-order valence-corrected chi connectivity index (χ4v) is 4.31. The van der Waals surface area contributed by atoms with Gasteiger partial charge in [-0.25, -0.2) is 0 Å². The molecule has 3 aromatic carbocycles. The molecule has 4 rings (SSSR count). The fourth-order valence-electron chi connectivity index (χ4n) is 4.31. The number of hydrogen-bond donors (Lipinski definition) is 0. The van der Waals surface area contributed by atoms with Crippen molar-refractivity contribution in [2.75, 3.05) is 19.6 Å². The smallest absolute Gasteiger partial charge is 0.00218 e. The summed E-state index contributed by atoms with van der Waals surface area (Å²) in [4.78, 5) is 2.64. The predicted molar refractivity (Wildman–Crippen MR) is 125 cm³/mol. The Morgan fingerprint density at radius 3 is 1.93 bits per heavy atom. The lowest BCUT2D eigenvalue weighted by atomic mass is 9.85. The molecule has 146 valence electrons. The molecule has 1 aliphatic rings. The van der Waals surface area contributed by atoms with Gasteiger partial charge in [-0.15, -0.1) is 17.0 Å². The molecule has 1 fully saturated rings. The van der Waals surface area contributed by atoms with Gasteiger partial charge in [0.25, 0.3) is 0 Å². The van der Waals surface area contributed by atoms with Crippen molar-refractivity contribution in [1.82, 2.24) is 4.90 Å². The third kappa shape index (κ3) is 5.56. The first-order valence-electron chi connectivity index (χ1n) is 10.3. The molecule has 0 radical (unpaired) electrons. The van der Waals surface area contributed by atoms with Crippen LogP contribution in [0.4, 0.5) is 0 Å². The Bertz CT molecular complexity index is 823. The molecule has 0 unspecified atom stereocenters. The van der Waals surface area contributed by atoms with Gasteiger partial charge in [0.2, 0.25) is 0 Å². The van der Waals surface area contributed by atoms with Gasteiger partial charge >= 0.3 is 0 Å². The Balaban J connectivity index is 0.00000225. The number of piperidine rings is 1. The highest BCUT2D eigenvalue weighted by atomic mass is 79.9. The lowest BCUT2D eigenvalue weighted by molar-refractivity contribution is 0.214. The molecule has 2 heteroatoms. The van der Waals surface area contributed by atoms with Crippen molar-refractivity contribution in [3.63, 3.8) is 0 Å². The number of nitrogens with zero attached hydrogens (tertiary/aromatic N) is 1. The maximum atomic E-state index is 2.64. The van der Waals surface area contributed by atoms with Crippen molar-refractivity contribution in [3.8, 4) is 0 Å². The van der Waals surface area contributed by atoms with E-state index in [2.05, 4.69) is 89.8 Å². The topological polar surface area (TPSA) is 3.24 Å². The van der Waals surface area contributed by atoms with Crippen molar-refractivity contribution in [1.29, 1.82) is 0 Å². The van der Waals surface area contributed by atoms with Crippen LogP contribution in [0.1, 0.15) is 41.0 Å². The molecule has 1 aliphatic heterocycles. The van der Waals surface area contributed by atoms with Gasteiger partial charge < -0.3 is 4.90 Å². The van der Waals surface area contributed by atoms with Gasteiger partial charge in [0.05, 0.1) is 0 Å². The first-order valence-corrected chi connectivity index (χ1v) is 10.3. The first-order chi connectivity index (χ1) is 13.4. The average molecular weight is 436 g/mol. The van der Waals surface area contributed by atoms with Gasteiger partial charge in [-0.3, -0.25) is 0 Å². The zero-order valence-electron chi connectivity index (χ0n) is 16.5. The largest absolute Gasteiger partial charge is 0.303 e. The van der Waals surface area contributed by atoms with E-state index in [9.17, 15) is 0 Å². The number of benzene rings is 3. The van der Waals surface area contributed by atoms with Crippen LogP contribution in [0.15, 0.2) is 84.9 Å². The van der Waals surface area contributed by atoms with E-state index in [0.29, 0.717) is 5.92 Å². The Morgan fingerprint density at radius 1 is 0.679 bits per heavy atom. The molecular weight excluding hydrogens is 406 g/mol. The van der Waals surface area contributed by atoms with E-state index in [0.717, 1.165) is 12.8 Å². The number of halogens is 1. The van der Waals surface area contributed by atoms with E-state index in [1.807, 2.05) is 0 Å². The molecule has 0 saturated carbocycles. The van der Waals surface area contributed by atoms with E-state index >= 15 is 0 Å². The van der Waals surface area contributed by atoms with E-state index in [-0.39, 0.29) is 17.0 Å². The van der Waals surface area contributed by atoms with Gasteiger partial charge in [0, 0.05) is 6.54 Å². The average Bonchev–Trinajstić information content (AvgIpc) is 2.75. The molecule has 1 saturated heterocycles. The second-order valence-corrected chi connectivity index (χ2v) is 7.71. The zero-order valence-corrected chi connectivity index (χ0v) is 18.2. The fraction of sp³-hybridized carbons (Fsp3) is 0.308. The molecule has 0 N–H and O–H groups in total. The molecule has 28 heavy (non-hydrogen) atoms. The van der Waals surface area contributed by atoms with E-state index in [4.69, 9.17) is 0 Å². The van der Waals surface area contributed by atoms with Gasteiger partial charge in [0.15, 0.2) is 0 Å². The van der Waals surface area contributed by atoms with Crippen molar-refractivity contribution < 1.29 is 0 Å². The summed E-state index contributed by atoms with van der Waals surface area (Å²) in [5, 5.41) is 0. The molecule has 1 nitrogen and oxygen atoms in total. The Morgan fingerprint density at radius 2 is 1.25 bits per heavy atom. The van der Waals surface area contributed by atoms with Gasteiger partial charge in [-0.2, -0.15) is 0 Å². The summed E-state index contributed by atoms with van der Waals surface area (Å²) in [5.41, 5.74) is 5.94. The van der Waals surface area contributed by atoms with Crippen LogP contribution in [0, 0.1) is 0 Å². The minimum Gasteiger partial charge on any atom is -0.303 e. The van der Waals surface area contributed by atoms with E-state index < -0.39 is 0 Å². The highest BCUT2D eigenvalue weighted by Gasteiger charge is 2.22. The molecule has 0 spiro atoms. The molecule has 0 atom stereocenters. The van der Waals surface area contributed by atoms with E-state index in [1.54, 1.807) is 5.56 Å². The minimum atomic E-state index is 0. The summed E-state index contributed by atoms with van der Waals surface area (Å²) < 4.78 is 0. The van der Waals surface area contributed by atoms with Crippen molar-refractivity contribution in [3.05, 3.63) is 107 Å².